The molecular formula is C12H15ClN2O3. The number of benzene rings is 1. The standard InChI is InChI=1S/C12H15ClN2O3/c1-8(2)3-6-12(16)14-9-4-5-11(15(17)18)10(13)7-9/h4-5,7-8H,3,6H2,1-2H3,(H,14,16). The Morgan fingerprint density at radius 2 is 2.17 bits per heavy atom. The summed E-state index contributed by atoms with van der Waals surface area (Å²) in [5.41, 5.74) is 0.302. The van der Waals surface area contributed by atoms with Gasteiger partial charge in [0, 0.05) is 18.2 Å². The van der Waals surface area contributed by atoms with Gasteiger partial charge in [0.25, 0.3) is 5.69 Å². The first-order valence-electron chi connectivity index (χ1n) is 5.64. The Bertz CT molecular complexity index is 461. The highest BCUT2D eigenvalue weighted by Crippen LogP contribution is 2.27. The molecule has 0 saturated carbocycles. The lowest BCUT2D eigenvalue weighted by molar-refractivity contribution is -0.384. The van der Waals surface area contributed by atoms with Gasteiger partial charge in [-0.25, -0.2) is 0 Å². The van der Waals surface area contributed by atoms with E-state index in [0.29, 0.717) is 18.0 Å². The molecule has 1 aromatic rings. The number of hydrogen-bond acceptors (Lipinski definition) is 3. The van der Waals surface area contributed by atoms with Crippen LogP contribution in [0.2, 0.25) is 5.02 Å². The van der Waals surface area contributed by atoms with E-state index in [1.54, 1.807) is 0 Å². The fraction of sp³-hybridized carbons (Fsp3) is 0.417. The first-order chi connectivity index (χ1) is 8.40. The number of halogens is 1. The average Bonchev–Trinajstić information content (AvgIpc) is 2.26. The third-order valence-corrected chi connectivity index (χ3v) is 2.68. The van der Waals surface area contributed by atoms with Crippen LogP contribution in [0.25, 0.3) is 0 Å². The Balaban J connectivity index is 2.66. The van der Waals surface area contributed by atoms with Crippen LogP contribution in [-0.4, -0.2) is 10.8 Å². The van der Waals surface area contributed by atoms with E-state index in [4.69, 9.17) is 11.6 Å². The van der Waals surface area contributed by atoms with E-state index >= 15 is 0 Å². The van der Waals surface area contributed by atoms with Gasteiger partial charge in [0.15, 0.2) is 0 Å². The van der Waals surface area contributed by atoms with Gasteiger partial charge in [-0.1, -0.05) is 25.4 Å². The second-order valence-electron chi connectivity index (χ2n) is 4.40. The molecule has 0 aromatic heterocycles. The molecule has 0 spiro atoms. The van der Waals surface area contributed by atoms with Crippen LogP contribution in [0, 0.1) is 16.0 Å². The van der Waals surface area contributed by atoms with E-state index in [1.165, 1.54) is 18.2 Å². The number of carbonyl (C=O) groups excluding carboxylic acids is 1. The summed E-state index contributed by atoms with van der Waals surface area (Å²) in [6, 6.07) is 4.13. The highest BCUT2D eigenvalue weighted by atomic mass is 35.5. The number of hydrogen-bond donors (Lipinski definition) is 1. The molecule has 6 heteroatoms. The van der Waals surface area contributed by atoms with E-state index in [1.807, 2.05) is 13.8 Å². The Kier molecular flexibility index (Phi) is 5.09. The Morgan fingerprint density at radius 1 is 1.50 bits per heavy atom. The number of anilines is 1. The van der Waals surface area contributed by atoms with E-state index < -0.39 is 4.92 Å². The Labute approximate surface area is 110 Å². The van der Waals surface area contributed by atoms with Gasteiger partial charge in [-0.2, -0.15) is 0 Å². The largest absolute Gasteiger partial charge is 0.326 e. The molecule has 0 aliphatic rings. The lowest BCUT2D eigenvalue weighted by Gasteiger charge is -2.07. The van der Waals surface area contributed by atoms with Crippen molar-refractivity contribution >= 4 is 28.9 Å². The van der Waals surface area contributed by atoms with Gasteiger partial charge >= 0.3 is 0 Å². The first kappa shape index (κ1) is 14.4. The van der Waals surface area contributed by atoms with Crippen LogP contribution in [0.5, 0.6) is 0 Å². The average molecular weight is 271 g/mol. The molecule has 0 fully saturated rings. The fourth-order valence-corrected chi connectivity index (χ4v) is 1.63. The maximum Gasteiger partial charge on any atom is 0.288 e. The summed E-state index contributed by atoms with van der Waals surface area (Å²) in [5.74, 6) is 0.338. The van der Waals surface area contributed by atoms with Crippen molar-refractivity contribution < 1.29 is 9.72 Å². The summed E-state index contributed by atoms with van der Waals surface area (Å²) in [6.45, 7) is 4.08. The molecule has 0 aliphatic carbocycles. The van der Waals surface area contributed by atoms with Crippen molar-refractivity contribution in [1.29, 1.82) is 0 Å². The van der Waals surface area contributed by atoms with Crippen LogP contribution < -0.4 is 5.32 Å². The fourth-order valence-electron chi connectivity index (χ4n) is 1.38. The minimum Gasteiger partial charge on any atom is -0.326 e. The molecule has 0 heterocycles. The van der Waals surface area contributed by atoms with E-state index in [-0.39, 0.29) is 16.6 Å². The van der Waals surface area contributed by atoms with Gasteiger partial charge in [-0.05, 0) is 24.5 Å². The Morgan fingerprint density at radius 3 is 2.67 bits per heavy atom. The number of carbonyl (C=O) groups is 1. The summed E-state index contributed by atoms with van der Waals surface area (Å²) in [7, 11) is 0. The van der Waals surface area contributed by atoms with Crippen LogP contribution in [0.3, 0.4) is 0 Å². The highest BCUT2D eigenvalue weighted by molar-refractivity contribution is 6.33. The molecule has 1 amide bonds. The molecule has 1 aromatic carbocycles. The van der Waals surface area contributed by atoms with E-state index in [9.17, 15) is 14.9 Å². The predicted molar refractivity (Wildman–Crippen MR) is 70.8 cm³/mol. The van der Waals surface area contributed by atoms with Gasteiger partial charge in [-0.3, -0.25) is 14.9 Å². The smallest absolute Gasteiger partial charge is 0.288 e. The third kappa shape index (κ3) is 4.33. The zero-order chi connectivity index (χ0) is 13.7. The molecule has 0 radical (unpaired) electrons. The summed E-state index contributed by atoms with van der Waals surface area (Å²) in [5, 5.41) is 13.2. The number of rotatable bonds is 5. The SMILES string of the molecule is CC(C)CCC(=O)Nc1ccc([N+](=O)[O-])c(Cl)c1. The zero-order valence-electron chi connectivity index (χ0n) is 10.3. The quantitative estimate of drug-likeness (QED) is 0.656. The van der Waals surface area contributed by atoms with Crippen LogP contribution in [-0.2, 0) is 4.79 Å². The molecule has 0 saturated heterocycles. The Hall–Kier alpha value is -1.62. The topological polar surface area (TPSA) is 72.2 Å². The summed E-state index contributed by atoms with van der Waals surface area (Å²) >= 11 is 5.74. The van der Waals surface area contributed by atoms with E-state index in [0.717, 1.165) is 6.42 Å². The molecule has 98 valence electrons. The number of nitro benzene ring substituents is 1. The minimum atomic E-state index is -0.563. The van der Waals surface area contributed by atoms with E-state index in [2.05, 4.69) is 5.32 Å². The second-order valence-corrected chi connectivity index (χ2v) is 4.81. The number of nitrogens with zero attached hydrogens (tertiary/aromatic N) is 1. The van der Waals surface area contributed by atoms with Gasteiger partial charge < -0.3 is 5.32 Å². The molecule has 0 aliphatic heterocycles. The van der Waals surface area contributed by atoms with Crippen molar-refractivity contribution in [3.05, 3.63) is 33.3 Å². The third-order valence-electron chi connectivity index (χ3n) is 2.38. The minimum absolute atomic E-state index is 0.0154. The number of nitrogens with one attached hydrogen (secondary N) is 1. The van der Waals surface area contributed by atoms with Crippen molar-refractivity contribution in [1.82, 2.24) is 0 Å². The van der Waals surface area contributed by atoms with Gasteiger partial charge in [-0.15, -0.1) is 0 Å². The summed E-state index contributed by atoms with van der Waals surface area (Å²) in [4.78, 5) is 21.6. The molecule has 5 nitrogen and oxygen atoms in total. The van der Waals surface area contributed by atoms with Gasteiger partial charge in [0.2, 0.25) is 5.91 Å². The maximum absolute atomic E-state index is 11.6. The van der Waals surface area contributed by atoms with Crippen molar-refractivity contribution in [3.63, 3.8) is 0 Å². The summed E-state index contributed by atoms with van der Waals surface area (Å²) in [6.07, 6.45) is 1.22. The van der Waals surface area contributed by atoms with Crippen LogP contribution in [0.15, 0.2) is 18.2 Å². The molecule has 0 bridgehead atoms. The first-order valence-corrected chi connectivity index (χ1v) is 6.01. The molecular weight excluding hydrogens is 256 g/mol. The molecule has 1 rings (SSSR count). The maximum atomic E-state index is 11.6. The molecule has 0 atom stereocenters. The van der Waals surface area contributed by atoms with Crippen LogP contribution in [0.1, 0.15) is 26.7 Å². The van der Waals surface area contributed by atoms with Gasteiger partial charge in [0.05, 0.1) is 4.92 Å². The summed E-state index contributed by atoms with van der Waals surface area (Å²) < 4.78 is 0. The molecule has 18 heavy (non-hydrogen) atoms. The number of amides is 1. The lowest BCUT2D eigenvalue weighted by Crippen LogP contribution is -2.12. The van der Waals surface area contributed by atoms with Gasteiger partial charge in [0.1, 0.15) is 5.02 Å². The van der Waals surface area contributed by atoms with Crippen molar-refractivity contribution in [2.75, 3.05) is 5.32 Å². The predicted octanol–water partition coefficient (Wildman–Crippen LogP) is 3.62. The monoisotopic (exact) mass is 270 g/mol. The molecule has 0 unspecified atom stereocenters. The number of nitro groups is 1. The molecule has 1 N–H and O–H groups in total. The van der Waals surface area contributed by atoms with Crippen molar-refractivity contribution in [2.24, 2.45) is 5.92 Å². The van der Waals surface area contributed by atoms with Crippen molar-refractivity contribution in [2.45, 2.75) is 26.7 Å². The normalized spacial score (nSPS) is 10.4. The van der Waals surface area contributed by atoms with Crippen LogP contribution >= 0.6 is 11.6 Å². The van der Waals surface area contributed by atoms with Crippen LogP contribution in [0.4, 0.5) is 11.4 Å². The zero-order valence-corrected chi connectivity index (χ0v) is 11.0. The highest BCUT2D eigenvalue weighted by Gasteiger charge is 2.13. The lowest BCUT2D eigenvalue weighted by atomic mass is 10.1. The van der Waals surface area contributed by atoms with Crippen molar-refractivity contribution in [3.8, 4) is 0 Å². The second kappa shape index (κ2) is 6.35.